The number of benzene rings is 3. The number of aromatic amines is 3. The van der Waals surface area contributed by atoms with Gasteiger partial charge in [0.15, 0.2) is 0 Å². The fourth-order valence-electron chi connectivity index (χ4n) is 7.60. The molecule has 19 nitrogen and oxygen atoms in total. The van der Waals surface area contributed by atoms with E-state index in [1.165, 1.54) is 24.7 Å². The van der Waals surface area contributed by atoms with Crippen molar-refractivity contribution in [1.29, 1.82) is 0 Å². The number of unbranched alkanes of at least 4 members (excludes halogenated alkanes) is 1. The van der Waals surface area contributed by atoms with E-state index in [4.69, 9.17) is 17.2 Å². The fourth-order valence-corrected chi connectivity index (χ4v) is 7.86. The van der Waals surface area contributed by atoms with Crippen molar-refractivity contribution < 1.29 is 33.9 Å². The lowest BCUT2D eigenvalue weighted by atomic mass is 10.00. The number of H-pyrrole nitrogens is 3. The highest BCUT2D eigenvalue weighted by Crippen LogP contribution is 2.22. The van der Waals surface area contributed by atoms with Gasteiger partial charge >= 0.3 is 0 Å². The van der Waals surface area contributed by atoms with E-state index in [0.717, 1.165) is 27.4 Å². The summed E-state index contributed by atoms with van der Waals surface area (Å²) in [6, 6.07) is 13.7. The molecule has 0 aliphatic heterocycles. The summed E-state index contributed by atoms with van der Waals surface area (Å²) in [4.78, 5) is 96.0. The van der Waals surface area contributed by atoms with Crippen LogP contribution in [-0.2, 0) is 54.5 Å². The zero-order valence-corrected chi connectivity index (χ0v) is 37.0. The highest BCUT2D eigenvalue weighted by molar-refractivity contribution is 7.80. The molecule has 3 heterocycles. The van der Waals surface area contributed by atoms with E-state index in [2.05, 4.69) is 59.1 Å². The lowest BCUT2D eigenvalue weighted by Gasteiger charge is -2.27. The van der Waals surface area contributed by atoms with Gasteiger partial charge in [0.2, 0.25) is 35.4 Å². The van der Waals surface area contributed by atoms with E-state index < -0.39 is 71.7 Å². The van der Waals surface area contributed by atoms with Crippen LogP contribution < -0.4 is 43.8 Å². The largest absolute Gasteiger partial charge is 0.508 e. The topological polar surface area (TPSA) is 321 Å². The predicted molar refractivity (Wildman–Crippen MR) is 252 cm³/mol. The summed E-state index contributed by atoms with van der Waals surface area (Å²) in [5, 5.41) is 25.3. The van der Waals surface area contributed by atoms with Gasteiger partial charge in [0.05, 0.1) is 12.4 Å². The van der Waals surface area contributed by atoms with Gasteiger partial charge in [-0.2, -0.15) is 12.6 Å². The number of carbonyl (C=O) groups is 6. The van der Waals surface area contributed by atoms with Crippen molar-refractivity contribution in [2.45, 2.75) is 81.2 Å². The second-order valence-corrected chi connectivity index (χ2v) is 16.4. The average Bonchev–Trinajstić information content (AvgIpc) is 4.08. The number of aromatic hydroxyl groups is 1. The molecule has 0 fully saturated rings. The number of nitrogens with zero attached hydrogens (tertiary/aromatic N) is 1. The van der Waals surface area contributed by atoms with Crippen LogP contribution in [0, 0.1) is 0 Å². The number of para-hydroxylation sites is 2. The van der Waals surface area contributed by atoms with Gasteiger partial charge in [0.1, 0.15) is 36.0 Å². The number of rotatable bonds is 24. The van der Waals surface area contributed by atoms with Crippen molar-refractivity contribution in [3.05, 3.63) is 120 Å². The van der Waals surface area contributed by atoms with Crippen LogP contribution in [0.25, 0.3) is 21.8 Å². The van der Waals surface area contributed by atoms with Gasteiger partial charge in [-0.15, -0.1) is 0 Å². The standard InChI is InChI=1S/C46H56N12O7S/c47-16-6-5-11-36(54-46(65)40(24-66)58-42(61)33(48)20-29-23-50-25-53-29)43(62)56-38(17-26-12-14-30(59)15-13-26)44(63)57-39(19-28-22-52-35-10-4-2-8-32(28)35)45(64)55-37(41(49)60)18-27-21-51-34-9-3-1-7-31(27)34/h1-4,7-10,12-15,21-23,25,33,36-40,51-52,59,66H,5-6,11,16-20,24,47-48H2,(H2,49,60)(H,50,53)(H,54,65)(H,55,64)(H,56,62)(H,57,63)(H,58,61)/t33-,36-,37-,38-,39-,40-/m0/s1. The number of fused-ring (bicyclic) bond motifs is 2. The third-order valence-electron chi connectivity index (χ3n) is 11.2. The second kappa shape index (κ2) is 23.2. The van der Waals surface area contributed by atoms with Crippen LogP contribution in [0.1, 0.15) is 41.6 Å². The van der Waals surface area contributed by atoms with E-state index in [-0.39, 0.29) is 43.6 Å². The van der Waals surface area contributed by atoms with Crippen LogP contribution in [0.15, 0.2) is 97.7 Å². The molecule has 348 valence electrons. The molecule has 6 atom stereocenters. The molecule has 6 rings (SSSR count). The molecule has 20 heteroatoms. The summed E-state index contributed by atoms with van der Waals surface area (Å²) in [7, 11) is 0. The molecule has 6 amide bonds. The molecule has 66 heavy (non-hydrogen) atoms. The molecule has 0 radical (unpaired) electrons. The van der Waals surface area contributed by atoms with Gasteiger partial charge in [0.25, 0.3) is 0 Å². The molecule has 0 aliphatic rings. The first-order chi connectivity index (χ1) is 31.8. The van der Waals surface area contributed by atoms with E-state index in [1.807, 2.05) is 48.5 Å². The maximum Gasteiger partial charge on any atom is 0.244 e. The highest BCUT2D eigenvalue weighted by Gasteiger charge is 2.33. The van der Waals surface area contributed by atoms with Gasteiger partial charge in [-0.25, -0.2) is 4.98 Å². The summed E-state index contributed by atoms with van der Waals surface area (Å²) in [5.74, 6) is -4.48. The van der Waals surface area contributed by atoms with Crippen molar-refractivity contribution in [3.8, 4) is 5.75 Å². The molecule has 0 unspecified atom stereocenters. The van der Waals surface area contributed by atoms with Crippen LogP contribution >= 0.6 is 12.6 Å². The molecule has 3 aromatic heterocycles. The zero-order chi connectivity index (χ0) is 47.2. The number of nitrogens with one attached hydrogen (secondary N) is 8. The van der Waals surface area contributed by atoms with Gasteiger partial charge < -0.3 is 63.8 Å². The van der Waals surface area contributed by atoms with Crippen LogP contribution in [-0.4, -0.2) is 109 Å². The summed E-state index contributed by atoms with van der Waals surface area (Å²) < 4.78 is 0. The summed E-state index contributed by atoms with van der Waals surface area (Å²) in [6.07, 6.45) is 7.57. The number of phenols is 1. The lowest BCUT2D eigenvalue weighted by Crippen LogP contribution is -2.60. The Morgan fingerprint density at radius 3 is 1.70 bits per heavy atom. The predicted octanol–water partition coefficient (Wildman–Crippen LogP) is 0.644. The number of aromatic nitrogens is 4. The molecule has 3 aromatic carbocycles. The molecule has 0 saturated carbocycles. The van der Waals surface area contributed by atoms with Crippen LogP contribution in [0.4, 0.5) is 0 Å². The Bertz CT molecular complexity index is 2600. The minimum Gasteiger partial charge on any atom is -0.508 e. The minimum atomic E-state index is -1.34. The van der Waals surface area contributed by atoms with E-state index in [9.17, 15) is 33.9 Å². The monoisotopic (exact) mass is 920 g/mol. The van der Waals surface area contributed by atoms with E-state index >= 15 is 0 Å². The number of carbonyl (C=O) groups excluding carboxylic acids is 6. The molecule has 0 saturated heterocycles. The zero-order valence-electron chi connectivity index (χ0n) is 36.1. The number of phenolic OH excluding ortho intramolecular Hbond substituents is 1. The van der Waals surface area contributed by atoms with Gasteiger partial charge in [-0.3, -0.25) is 28.8 Å². The number of hydrogen-bond acceptors (Lipinski definition) is 11. The molecule has 0 spiro atoms. The maximum atomic E-state index is 14.6. The normalized spacial score (nSPS) is 14.0. The van der Waals surface area contributed by atoms with Crippen molar-refractivity contribution in [1.82, 2.24) is 46.5 Å². The van der Waals surface area contributed by atoms with Crippen molar-refractivity contribution in [2.75, 3.05) is 12.3 Å². The molecular formula is C46H56N12O7S. The number of amides is 6. The van der Waals surface area contributed by atoms with Crippen molar-refractivity contribution in [2.24, 2.45) is 17.2 Å². The SMILES string of the molecule is NCCCC[C@H](NC(=O)[C@H](CS)NC(=O)[C@@H](N)Cc1cnc[nH]1)C(=O)N[C@@H](Cc1ccc(O)cc1)C(=O)N[C@@H](Cc1c[nH]c2ccccc12)C(=O)N[C@@H](Cc1c[nH]c2ccccc12)C(N)=O. The Labute approximate surface area is 385 Å². The van der Waals surface area contributed by atoms with E-state index in [0.29, 0.717) is 36.2 Å². The smallest absolute Gasteiger partial charge is 0.244 e. The number of imidazole rings is 1. The number of thiol groups is 1. The molecular weight excluding hydrogens is 865 g/mol. The molecule has 15 N–H and O–H groups in total. The Morgan fingerprint density at radius 1 is 0.621 bits per heavy atom. The third-order valence-corrected chi connectivity index (χ3v) is 11.6. The summed E-state index contributed by atoms with van der Waals surface area (Å²) in [6.45, 7) is 0.315. The number of hydrogen-bond donors (Lipinski definition) is 13. The molecule has 6 aromatic rings. The average molecular weight is 921 g/mol. The summed E-state index contributed by atoms with van der Waals surface area (Å²) >= 11 is 4.28. The van der Waals surface area contributed by atoms with Crippen molar-refractivity contribution in [3.63, 3.8) is 0 Å². The van der Waals surface area contributed by atoms with Crippen LogP contribution in [0.5, 0.6) is 5.75 Å². The van der Waals surface area contributed by atoms with Gasteiger partial charge in [0, 0.05) is 77.5 Å². The maximum absolute atomic E-state index is 14.6. The minimum absolute atomic E-state index is 0.0216. The van der Waals surface area contributed by atoms with Crippen LogP contribution in [0.3, 0.4) is 0 Å². The Hall–Kier alpha value is -7.16. The first-order valence-electron chi connectivity index (χ1n) is 21.6. The highest BCUT2D eigenvalue weighted by atomic mass is 32.1. The lowest BCUT2D eigenvalue weighted by molar-refractivity contribution is -0.135. The molecule has 0 aliphatic carbocycles. The first kappa shape index (κ1) is 48.3. The van der Waals surface area contributed by atoms with Crippen molar-refractivity contribution >= 4 is 69.9 Å². The van der Waals surface area contributed by atoms with E-state index in [1.54, 1.807) is 24.5 Å². The quantitative estimate of drug-likeness (QED) is 0.0297. The first-order valence-corrected chi connectivity index (χ1v) is 22.2. The van der Waals surface area contributed by atoms with Crippen LogP contribution in [0.2, 0.25) is 0 Å². The van der Waals surface area contributed by atoms with Gasteiger partial charge in [-0.05, 0) is 66.8 Å². The Morgan fingerprint density at radius 2 is 1.14 bits per heavy atom. The number of primary amides is 1. The second-order valence-electron chi connectivity index (χ2n) is 16.1. The fraction of sp³-hybridized carbons (Fsp3) is 0.326. The van der Waals surface area contributed by atoms with Gasteiger partial charge in [-0.1, -0.05) is 48.5 Å². The third kappa shape index (κ3) is 13.0. The summed E-state index contributed by atoms with van der Waals surface area (Å²) in [5.41, 5.74) is 22.0. The molecule has 0 bridgehead atoms. The Kier molecular flexibility index (Phi) is 16.9. The number of nitrogens with two attached hydrogens (primary N) is 3. The Balaban J connectivity index is 1.24.